The molecule has 120 valence electrons. The summed E-state index contributed by atoms with van der Waals surface area (Å²) in [5.41, 5.74) is 1.52. The van der Waals surface area contributed by atoms with E-state index in [-0.39, 0.29) is 11.7 Å². The van der Waals surface area contributed by atoms with Crippen molar-refractivity contribution in [2.45, 2.75) is 0 Å². The molecule has 1 aliphatic heterocycles. The lowest BCUT2D eigenvalue weighted by Crippen LogP contribution is -2.48. The van der Waals surface area contributed by atoms with Crippen LogP contribution in [0.3, 0.4) is 0 Å². The summed E-state index contributed by atoms with van der Waals surface area (Å²) in [4.78, 5) is 16.6. The summed E-state index contributed by atoms with van der Waals surface area (Å²) in [6.07, 6.45) is 0. The molecule has 1 fully saturated rings. The molecule has 4 nitrogen and oxygen atoms in total. The minimum absolute atomic E-state index is 0.0722. The molecule has 0 unspecified atom stereocenters. The highest BCUT2D eigenvalue weighted by Gasteiger charge is 2.23. The van der Waals surface area contributed by atoms with Gasteiger partial charge in [0, 0.05) is 36.9 Å². The summed E-state index contributed by atoms with van der Waals surface area (Å²) in [6, 6.07) is 12.0. The Morgan fingerprint density at radius 1 is 0.957 bits per heavy atom. The van der Waals surface area contributed by atoms with Gasteiger partial charge in [-0.05, 0) is 42.5 Å². The predicted molar refractivity (Wildman–Crippen MR) is 92.7 cm³/mol. The number of piperazine rings is 1. The third-order valence-corrected chi connectivity index (χ3v) is 4.49. The zero-order valence-electron chi connectivity index (χ0n) is 12.4. The summed E-state index contributed by atoms with van der Waals surface area (Å²) >= 11 is 12.0. The number of anilines is 1. The number of carbonyl (C=O) groups excluding carboxylic acids is 1. The number of hydrogen-bond donors (Lipinski definition) is 1. The van der Waals surface area contributed by atoms with Gasteiger partial charge >= 0.3 is 0 Å². The van der Waals surface area contributed by atoms with Gasteiger partial charge in [0.1, 0.15) is 5.75 Å². The zero-order chi connectivity index (χ0) is 16.4. The number of amides is 1. The Kier molecular flexibility index (Phi) is 4.64. The highest BCUT2D eigenvalue weighted by molar-refractivity contribution is 6.36. The van der Waals surface area contributed by atoms with Crippen LogP contribution in [-0.4, -0.2) is 42.1 Å². The van der Waals surface area contributed by atoms with Crippen LogP contribution in [0.1, 0.15) is 10.4 Å². The third kappa shape index (κ3) is 3.54. The van der Waals surface area contributed by atoms with Crippen LogP contribution in [0, 0.1) is 0 Å². The second-order valence-corrected chi connectivity index (χ2v) is 6.26. The number of phenols is 1. The number of aromatic hydroxyl groups is 1. The first-order valence-corrected chi connectivity index (χ1v) is 8.08. The molecule has 1 saturated heterocycles. The fourth-order valence-corrected chi connectivity index (χ4v) is 3.15. The van der Waals surface area contributed by atoms with E-state index >= 15 is 0 Å². The van der Waals surface area contributed by atoms with Gasteiger partial charge in [-0.25, -0.2) is 0 Å². The molecule has 1 N–H and O–H groups in total. The molecule has 0 atom stereocenters. The van der Waals surface area contributed by atoms with Gasteiger partial charge in [-0.1, -0.05) is 23.2 Å². The molecule has 1 aliphatic rings. The summed E-state index contributed by atoms with van der Waals surface area (Å²) in [5, 5.41) is 10.2. The standard InChI is InChI=1S/C17H16Cl2N2O2/c18-12-1-6-15(16(19)11-12)17(23)21-9-7-20(8-10-21)13-2-4-14(22)5-3-13/h1-6,11,22H,7-10H2. The molecular weight excluding hydrogens is 335 g/mol. The van der Waals surface area contributed by atoms with Gasteiger partial charge in [-0.3, -0.25) is 4.79 Å². The minimum atomic E-state index is -0.0722. The Labute approximate surface area is 144 Å². The molecule has 1 amide bonds. The van der Waals surface area contributed by atoms with Gasteiger partial charge in [0.15, 0.2) is 0 Å². The first-order chi connectivity index (χ1) is 11.0. The van der Waals surface area contributed by atoms with Gasteiger partial charge in [-0.2, -0.15) is 0 Å². The number of halogens is 2. The van der Waals surface area contributed by atoms with Gasteiger partial charge in [-0.15, -0.1) is 0 Å². The number of benzene rings is 2. The van der Waals surface area contributed by atoms with Crippen molar-refractivity contribution in [2.75, 3.05) is 31.1 Å². The molecule has 0 spiro atoms. The average molecular weight is 351 g/mol. The minimum Gasteiger partial charge on any atom is -0.508 e. The maximum Gasteiger partial charge on any atom is 0.255 e. The van der Waals surface area contributed by atoms with Crippen molar-refractivity contribution < 1.29 is 9.90 Å². The van der Waals surface area contributed by atoms with E-state index in [0.717, 1.165) is 18.8 Å². The van der Waals surface area contributed by atoms with Crippen LogP contribution >= 0.6 is 23.2 Å². The monoisotopic (exact) mass is 350 g/mol. The number of phenolic OH excluding ortho intramolecular Hbond substituents is 1. The Hall–Kier alpha value is -1.91. The van der Waals surface area contributed by atoms with E-state index in [9.17, 15) is 9.90 Å². The molecule has 0 saturated carbocycles. The number of carbonyl (C=O) groups is 1. The second-order valence-electron chi connectivity index (χ2n) is 5.42. The van der Waals surface area contributed by atoms with E-state index in [0.29, 0.717) is 28.7 Å². The maximum absolute atomic E-state index is 12.6. The van der Waals surface area contributed by atoms with Crippen LogP contribution in [0.2, 0.25) is 10.0 Å². The molecule has 2 aromatic carbocycles. The molecule has 0 aromatic heterocycles. The Morgan fingerprint density at radius 2 is 1.61 bits per heavy atom. The van der Waals surface area contributed by atoms with Crippen LogP contribution in [0.25, 0.3) is 0 Å². The molecule has 6 heteroatoms. The molecule has 2 aromatic rings. The average Bonchev–Trinajstić information content (AvgIpc) is 2.55. The Morgan fingerprint density at radius 3 is 2.22 bits per heavy atom. The summed E-state index contributed by atoms with van der Waals surface area (Å²) in [5.74, 6) is 0.178. The van der Waals surface area contributed by atoms with Crippen molar-refractivity contribution in [3.63, 3.8) is 0 Å². The van der Waals surface area contributed by atoms with Crippen molar-refractivity contribution >= 4 is 34.8 Å². The van der Waals surface area contributed by atoms with E-state index < -0.39 is 0 Å². The fraction of sp³-hybridized carbons (Fsp3) is 0.235. The van der Waals surface area contributed by atoms with Gasteiger partial charge < -0.3 is 14.9 Å². The Bertz CT molecular complexity index is 711. The first kappa shape index (κ1) is 16.0. The zero-order valence-corrected chi connectivity index (χ0v) is 13.9. The molecule has 1 heterocycles. The van der Waals surface area contributed by atoms with Crippen molar-refractivity contribution in [2.24, 2.45) is 0 Å². The van der Waals surface area contributed by atoms with Crippen LogP contribution in [-0.2, 0) is 0 Å². The van der Waals surface area contributed by atoms with E-state index in [4.69, 9.17) is 23.2 Å². The third-order valence-electron chi connectivity index (χ3n) is 3.94. The molecule has 3 rings (SSSR count). The van der Waals surface area contributed by atoms with E-state index in [1.54, 1.807) is 35.2 Å². The highest BCUT2D eigenvalue weighted by Crippen LogP contribution is 2.24. The van der Waals surface area contributed by atoms with Crippen LogP contribution in [0.15, 0.2) is 42.5 Å². The van der Waals surface area contributed by atoms with E-state index in [2.05, 4.69) is 4.90 Å². The van der Waals surface area contributed by atoms with Gasteiger partial charge in [0.05, 0.1) is 10.6 Å². The largest absolute Gasteiger partial charge is 0.508 e. The molecular formula is C17H16Cl2N2O2. The lowest BCUT2D eigenvalue weighted by Gasteiger charge is -2.36. The smallest absolute Gasteiger partial charge is 0.255 e. The van der Waals surface area contributed by atoms with Crippen LogP contribution in [0.4, 0.5) is 5.69 Å². The lowest BCUT2D eigenvalue weighted by molar-refractivity contribution is 0.0747. The number of nitrogens with zero attached hydrogens (tertiary/aromatic N) is 2. The van der Waals surface area contributed by atoms with Crippen molar-refractivity contribution in [1.82, 2.24) is 4.90 Å². The fourth-order valence-electron chi connectivity index (χ4n) is 2.66. The molecule has 23 heavy (non-hydrogen) atoms. The van der Waals surface area contributed by atoms with Crippen molar-refractivity contribution in [1.29, 1.82) is 0 Å². The summed E-state index contributed by atoms with van der Waals surface area (Å²) in [7, 11) is 0. The number of hydrogen-bond acceptors (Lipinski definition) is 3. The van der Waals surface area contributed by atoms with Gasteiger partial charge in [0.25, 0.3) is 5.91 Å². The van der Waals surface area contributed by atoms with E-state index in [1.165, 1.54) is 0 Å². The second kappa shape index (κ2) is 6.69. The van der Waals surface area contributed by atoms with Gasteiger partial charge in [0.2, 0.25) is 0 Å². The molecule has 0 radical (unpaired) electrons. The maximum atomic E-state index is 12.6. The van der Waals surface area contributed by atoms with E-state index in [1.807, 2.05) is 12.1 Å². The number of rotatable bonds is 2. The Balaban J connectivity index is 1.66. The SMILES string of the molecule is O=C(c1ccc(Cl)cc1Cl)N1CCN(c2ccc(O)cc2)CC1. The predicted octanol–water partition coefficient (Wildman–Crippen LogP) is 3.66. The first-order valence-electron chi connectivity index (χ1n) is 7.33. The topological polar surface area (TPSA) is 43.8 Å². The van der Waals surface area contributed by atoms with Crippen LogP contribution < -0.4 is 4.90 Å². The summed E-state index contributed by atoms with van der Waals surface area (Å²) < 4.78 is 0. The normalized spacial score (nSPS) is 14.9. The quantitative estimate of drug-likeness (QED) is 0.898. The lowest BCUT2D eigenvalue weighted by atomic mass is 10.1. The summed E-state index contributed by atoms with van der Waals surface area (Å²) in [6.45, 7) is 2.72. The van der Waals surface area contributed by atoms with Crippen molar-refractivity contribution in [3.05, 3.63) is 58.1 Å². The van der Waals surface area contributed by atoms with Crippen molar-refractivity contribution in [3.8, 4) is 5.75 Å². The molecule has 0 bridgehead atoms. The molecule has 0 aliphatic carbocycles. The van der Waals surface area contributed by atoms with Crippen LogP contribution in [0.5, 0.6) is 5.75 Å². The highest BCUT2D eigenvalue weighted by atomic mass is 35.5.